The summed E-state index contributed by atoms with van der Waals surface area (Å²) in [5.41, 5.74) is 0.723. The van der Waals surface area contributed by atoms with Crippen molar-refractivity contribution in [1.29, 1.82) is 0 Å². The van der Waals surface area contributed by atoms with Gasteiger partial charge in [-0.05, 0) is 31.4 Å². The van der Waals surface area contributed by atoms with Crippen LogP contribution >= 0.6 is 0 Å². The highest BCUT2D eigenvalue weighted by atomic mass is 19.2. The van der Waals surface area contributed by atoms with Crippen LogP contribution in [0.2, 0.25) is 0 Å². The number of benzene rings is 1. The van der Waals surface area contributed by atoms with Gasteiger partial charge in [0, 0.05) is 57.4 Å². The molecule has 3 rings (SSSR count). The number of hydrogen-bond donors (Lipinski definition) is 2. The van der Waals surface area contributed by atoms with Crippen LogP contribution in [-0.4, -0.2) is 53.4 Å². The summed E-state index contributed by atoms with van der Waals surface area (Å²) in [7, 11) is 0. The zero-order valence-electron chi connectivity index (χ0n) is 17.0. The van der Waals surface area contributed by atoms with Crippen LogP contribution in [0.3, 0.4) is 0 Å². The summed E-state index contributed by atoms with van der Waals surface area (Å²) in [5.74, 6) is 0.514. The minimum absolute atomic E-state index is 0.378. The van der Waals surface area contributed by atoms with Gasteiger partial charge < -0.3 is 20.1 Å². The number of aromatic nitrogens is 3. The summed E-state index contributed by atoms with van der Waals surface area (Å²) in [6.45, 7) is 8.66. The van der Waals surface area contributed by atoms with Gasteiger partial charge in [-0.3, -0.25) is 4.99 Å². The van der Waals surface area contributed by atoms with E-state index in [1.54, 1.807) is 12.4 Å². The van der Waals surface area contributed by atoms with Crippen molar-refractivity contribution in [2.45, 2.75) is 33.2 Å². The lowest BCUT2D eigenvalue weighted by Crippen LogP contribution is -2.39. The van der Waals surface area contributed by atoms with Crippen LogP contribution in [0.25, 0.3) is 0 Å². The van der Waals surface area contributed by atoms with E-state index in [4.69, 9.17) is 4.99 Å². The molecule has 1 saturated heterocycles. The zero-order chi connectivity index (χ0) is 20.6. The van der Waals surface area contributed by atoms with Crippen molar-refractivity contribution in [3.63, 3.8) is 0 Å². The highest BCUT2D eigenvalue weighted by Crippen LogP contribution is 2.25. The lowest BCUT2D eigenvalue weighted by atomic mass is 10.1. The quantitative estimate of drug-likeness (QED) is 0.521. The van der Waals surface area contributed by atoms with E-state index in [1.165, 1.54) is 12.1 Å². The van der Waals surface area contributed by atoms with Gasteiger partial charge in [-0.2, -0.15) is 0 Å². The molecule has 1 atom stereocenters. The molecule has 1 aromatic carbocycles. The van der Waals surface area contributed by atoms with Crippen LogP contribution in [-0.2, 0) is 13.0 Å². The summed E-state index contributed by atoms with van der Waals surface area (Å²) in [5, 5.41) is 14.7. The van der Waals surface area contributed by atoms with Crippen LogP contribution in [0, 0.1) is 17.6 Å². The van der Waals surface area contributed by atoms with Gasteiger partial charge in [0.15, 0.2) is 17.6 Å². The number of hydrogen-bond acceptors (Lipinski definition) is 4. The second kappa shape index (κ2) is 10.2. The largest absolute Gasteiger partial charge is 0.371 e. The molecule has 0 amide bonds. The molecule has 0 radical (unpaired) electrons. The minimum atomic E-state index is -0.812. The molecule has 1 fully saturated rings. The number of anilines is 1. The maximum atomic E-state index is 13.5. The number of aliphatic imine (C=N–C) groups is 1. The standard InChI is InChI=1S/C20H29F2N7/c1-3-19-27-26-14-29(19)10-8-24-20(23-4-2)25-12-15-7-9-28(13-15)16-5-6-17(21)18(22)11-16/h5-6,11,14-15H,3-4,7-10,12-13H2,1-2H3,(H2,23,24,25). The second-order valence-electron chi connectivity index (χ2n) is 7.14. The number of aryl methyl sites for hydroxylation is 1. The molecular formula is C20H29F2N7. The number of nitrogens with one attached hydrogen (secondary N) is 2. The predicted molar refractivity (Wildman–Crippen MR) is 110 cm³/mol. The molecule has 2 N–H and O–H groups in total. The smallest absolute Gasteiger partial charge is 0.191 e. The Morgan fingerprint density at radius 3 is 2.86 bits per heavy atom. The highest BCUT2D eigenvalue weighted by Gasteiger charge is 2.23. The number of rotatable bonds is 8. The molecule has 158 valence electrons. The van der Waals surface area contributed by atoms with Gasteiger partial charge in [-0.15, -0.1) is 10.2 Å². The van der Waals surface area contributed by atoms with Gasteiger partial charge in [-0.25, -0.2) is 8.78 Å². The molecule has 1 aliphatic heterocycles. The van der Waals surface area contributed by atoms with Gasteiger partial charge in [0.2, 0.25) is 0 Å². The van der Waals surface area contributed by atoms with Crippen molar-refractivity contribution >= 4 is 11.6 Å². The summed E-state index contributed by atoms with van der Waals surface area (Å²) < 4.78 is 28.7. The Balaban J connectivity index is 1.50. The van der Waals surface area contributed by atoms with Crippen molar-refractivity contribution in [3.8, 4) is 0 Å². The Hall–Kier alpha value is -2.71. The molecule has 0 aliphatic carbocycles. The first-order valence-corrected chi connectivity index (χ1v) is 10.2. The van der Waals surface area contributed by atoms with Crippen molar-refractivity contribution in [3.05, 3.63) is 42.0 Å². The van der Waals surface area contributed by atoms with E-state index in [9.17, 15) is 8.78 Å². The molecule has 0 saturated carbocycles. The fourth-order valence-electron chi connectivity index (χ4n) is 3.49. The minimum Gasteiger partial charge on any atom is -0.371 e. The van der Waals surface area contributed by atoms with Crippen LogP contribution in [0.4, 0.5) is 14.5 Å². The van der Waals surface area contributed by atoms with E-state index >= 15 is 0 Å². The van der Waals surface area contributed by atoms with E-state index in [0.29, 0.717) is 12.5 Å². The molecular weight excluding hydrogens is 376 g/mol. The molecule has 1 unspecified atom stereocenters. The fraction of sp³-hybridized carbons (Fsp3) is 0.550. The Morgan fingerprint density at radius 2 is 2.10 bits per heavy atom. The monoisotopic (exact) mass is 405 g/mol. The van der Waals surface area contributed by atoms with E-state index in [-0.39, 0.29) is 0 Å². The number of guanidine groups is 1. The van der Waals surface area contributed by atoms with Crippen LogP contribution in [0.1, 0.15) is 26.1 Å². The second-order valence-corrected chi connectivity index (χ2v) is 7.14. The van der Waals surface area contributed by atoms with Gasteiger partial charge >= 0.3 is 0 Å². The highest BCUT2D eigenvalue weighted by molar-refractivity contribution is 5.79. The topological polar surface area (TPSA) is 70.4 Å². The molecule has 2 heterocycles. The molecule has 2 aromatic rings. The van der Waals surface area contributed by atoms with E-state index < -0.39 is 11.6 Å². The predicted octanol–water partition coefficient (Wildman–Crippen LogP) is 2.20. The third-order valence-electron chi connectivity index (χ3n) is 5.06. The SMILES string of the molecule is CCNC(=NCC1CCN(c2ccc(F)c(F)c2)C1)NCCn1cnnc1CC. The number of halogens is 2. The van der Waals surface area contributed by atoms with Crippen molar-refractivity contribution in [2.75, 3.05) is 37.6 Å². The first-order valence-electron chi connectivity index (χ1n) is 10.2. The van der Waals surface area contributed by atoms with E-state index in [2.05, 4.69) is 32.7 Å². The third kappa shape index (κ3) is 5.65. The Kier molecular flexibility index (Phi) is 7.37. The first-order chi connectivity index (χ1) is 14.1. The average molecular weight is 405 g/mol. The van der Waals surface area contributed by atoms with Crippen molar-refractivity contribution in [1.82, 2.24) is 25.4 Å². The Morgan fingerprint density at radius 1 is 1.24 bits per heavy atom. The molecule has 9 heteroatoms. The maximum Gasteiger partial charge on any atom is 0.191 e. The molecule has 0 bridgehead atoms. The fourth-order valence-corrected chi connectivity index (χ4v) is 3.49. The Labute approximate surface area is 170 Å². The molecule has 1 aliphatic rings. The van der Waals surface area contributed by atoms with E-state index in [1.807, 2.05) is 11.5 Å². The molecule has 1 aromatic heterocycles. The normalized spacial score (nSPS) is 17.0. The molecule has 0 spiro atoms. The number of nitrogens with zero attached hydrogens (tertiary/aromatic N) is 5. The Bertz CT molecular complexity index is 821. The maximum absolute atomic E-state index is 13.5. The van der Waals surface area contributed by atoms with Crippen molar-refractivity contribution < 1.29 is 8.78 Å². The van der Waals surface area contributed by atoms with Crippen LogP contribution in [0.15, 0.2) is 29.5 Å². The van der Waals surface area contributed by atoms with Crippen molar-refractivity contribution in [2.24, 2.45) is 10.9 Å². The zero-order valence-corrected chi connectivity index (χ0v) is 17.0. The van der Waals surface area contributed by atoms with Crippen LogP contribution < -0.4 is 15.5 Å². The van der Waals surface area contributed by atoms with E-state index in [0.717, 1.165) is 63.0 Å². The lowest BCUT2D eigenvalue weighted by molar-refractivity contribution is 0.508. The summed E-state index contributed by atoms with van der Waals surface area (Å²) in [6, 6.07) is 4.08. The molecule has 29 heavy (non-hydrogen) atoms. The summed E-state index contributed by atoms with van der Waals surface area (Å²) >= 11 is 0. The summed E-state index contributed by atoms with van der Waals surface area (Å²) in [6.07, 6.45) is 3.57. The summed E-state index contributed by atoms with van der Waals surface area (Å²) in [4.78, 5) is 6.79. The van der Waals surface area contributed by atoms with Gasteiger partial charge in [0.25, 0.3) is 0 Å². The average Bonchev–Trinajstić information content (AvgIpc) is 3.37. The van der Waals surface area contributed by atoms with Crippen LogP contribution in [0.5, 0.6) is 0 Å². The van der Waals surface area contributed by atoms with Gasteiger partial charge in [-0.1, -0.05) is 6.92 Å². The lowest BCUT2D eigenvalue weighted by Gasteiger charge is -2.18. The molecule has 7 nitrogen and oxygen atoms in total. The first kappa shape index (κ1) is 21.0. The van der Waals surface area contributed by atoms with Gasteiger partial charge in [0.05, 0.1) is 0 Å². The third-order valence-corrected chi connectivity index (χ3v) is 5.06. The van der Waals surface area contributed by atoms with Gasteiger partial charge in [0.1, 0.15) is 12.2 Å².